The van der Waals surface area contributed by atoms with Crippen molar-refractivity contribution in [1.82, 2.24) is 10.3 Å². The van der Waals surface area contributed by atoms with E-state index in [1.165, 1.54) is 30.3 Å². The summed E-state index contributed by atoms with van der Waals surface area (Å²) >= 11 is 12.2. The monoisotopic (exact) mass is 531 g/mol. The molecule has 1 heterocycles. The second-order valence-electron chi connectivity index (χ2n) is 7.26. The summed E-state index contributed by atoms with van der Waals surface area (Å²) in [5, 5.41) is 3.12. The van der Waals surface area contributed by atoms with Gasteiger partial charge in [0.2, 0.25) is 10.0 Å². The van der Waals surface area contributed by atoms with Crippen molar-refractivity contribution in [1.29, 1.82) is 0 Å². The highest BCUT2D eigenvalue weighted by Crippen LogP contribution is 2.29. The number of aromatic nitrogens is 1. The predicted molar refractivity (Wildman–Crippen MR) is 124 cm³/mol. The van der Waals surface area contributed by atoms with Crippen LogP contribution in [0.15, 0.2) is 60.8 Å². The van der Waals surface area contributed by atoms with E-state index in [9.17, 15) is 26.4 Å². The molecule has 34 heavy (non-hydrogen) atoms. The Hall–Kier alpha value is -2.82. The molecule has 0 radical (unpaired) electrons. The van der Waals surface area contributed by atoms with Gasteiger partial charge in [-0.05, 0) is 47.5 Å². The number of amides is 1. The molecule has 1 N–H and O–H groups in total. The molecule has 0 bridgehead atoms. The Morgan fingerprint density at radius 1 is 1.06 bits per heavy atom. The summed E-state index contributed by atoms with van der Waals surface area (Å²) in [6.45, 7) is -0.0981. The first-order valence-corrected chi connectivity index (χ1v) is 12.3. The van der Waals surface area contributed by atoms with Crippen LogP contribution in [0.2, 0.25) is 10.0 Å². The molecule has 0 saturated heterocycles. The van der Waals surface area contributed by atoms with Gasteiger partial charge in [0.15, 0.2) is 0 Å². The molecule has 0 spiro atoms. The molecule has 0 atom stereocenters. The van der Waals surface area contributed by atoms with Crippen LogP contribution >= 0.6 is 23.2 Å². The zero-order valence-electron chi connectivity index (χ0n) is 17.6. The van der Waals surface area contributed by atoms with Gasteiger partial charge in [-0.2, -0.15) is 13.2 Å². The van der Waals surface area contributed by atoms with Gasteiger partial charge in [-0.3, -0.25) is 14.1 Å². The number of hydrogen-bond acceptors (Lipinski definition) is 4. The highest BCUT2D eigenvalue weighted by molar-refractivity contribution is 7.92. The van der Waals surface area contributed by atoms with E-state index in [-0.39, 0.29) is 23.7 Å². The largest absolute Gasteiger partial charge is 0.433 e. The van der Waals surface area contributed by atoms with E-state index in [4.69, 9.17) is 23.2 Å². The summed E-state index contributed by atoms with van der Waals surface area (Å²) in [6, 6.07) is 12.8. The van der Waals surface area contributed by atoms with E-state index >= 15 is 0 Å². The van der Waals surface area contributed by atoms with Gasteiger partial charge in [-0.1, -0.05) is 41.4 Å². The van der Waals surface area contributed by atoms with Crippen molar-refractivity contribution >= 4 is 44.8 Å². The molecule has 2 aromatic carbocycles. The van der Waals surface area contributed by atoms with Gasteiger partial charge in [0, 0.05) is 18.3 Å². The first kappa shape index (κ1) is 25.8. The number of anilines is 1. The Bertz CT molecular complexity index is 1280. The number of hydrogen-bond donors (Lipinski definition) is 1. The molecule has 0 fully saturated rings. The standard InChI is InChI=1S/C22H18Cl2F3N3O3S/c1-34(32,33)30(13-16-3-2-4-18(23)20(16)24)17-8-6-15(7-9-17)21(31)29-12-14-5-10-19(28-11-14)22(25,26)27/h2-11H,12-13H2,1H3,(H,29,31). The number of carbonyl (C=O) groups excluding carboxylic acids is 1. The molecule has 0 aliphatic carbocycles. The van der Waals surface area contributed by atoms with Crippen LogP contribution in [0.3, 0.4) is 0 Å². The molecule has 0 unspecified atom stereocenters. The van der Waals surface area contributed by atoms with Gasteiger partial charge in [0.05, 0.1) is 28.5 Å². The molecule has 3 rings (SSSR count). The fourth-order valence-electron chi connectivity index (χ4n) is 2.99. The molecule has 6 nitrogen and oxygen atoms in total. The summed E-state index contributed by atoms with van der Waals surface area (Å²) in [4.78, 5) is 15.8. The van der Waals surface area contributed by atoms with Crippen molar-refractivity contribution in [2.24, 2.45) is 0 Å². The highest BCUT2D eigenvalue weighted by Gasteiger charge is 2.32. The van der Waals surface area contributed by atoms with Gasteiger partial charge in [-0.15, -0.1) is 0 Å². The van der Waals surface area contributed by atoms with E-state index in [1.807, 2.05) is 0 Å². The quantitative estimate of drug-likeness (QED) is 0.448. The van der Waals surface area contributed by atoms with Crippen LogP contribution in [0.1, 0.15) is 27.2 Å². The Morgan fingerprint density at radius 3 is 2.29 bits per heavy atom. The van der Waals surface area contributed by atoms with Crippen LogP contribution in [0.25, 0.3) is 0 Å². The third-order valence-electron chi connectivity index (χ3n) is 4.73. The number of rotatable bonds is 7. The minimum atomic E-state index is -4.54. The molecular weight excluding hydrogens is 514 g/mol. The van der Waals surface area contributed by atoms with E-state index in [0.29, 0.717) is 21.8 Å². The third-order valence-corrected chi connectivity index (χ3v) is 6.73. The van der Waals surface area contributed by atoms with Crippen LogP contribution in [0, 0.1) is 0 Å². The Balaban J connectivity index is 1.71. The highest BCUT2D eigenvalue weighted by atomic mass is 35.5. The minimum absolute atomic E-state index is 0.0333. The number of benzene rings is 2. The van der Waals surface area contributed by atoms with Gasteiger partial charge in [0.1, 0.15) is 5.69 Å². The van der Waals surface area contributed by atoms with E-state index < -0.39 is 27.8 Å². The number of carbonyl (C=O) groups is 1. The summed E-state index contributed by atoms with van der Waals surface area (Å²) in [5.74, 6) is -0.491. The molecule has 0 aliphatic heterocycles. The van der Waals surface area contributed by atoms with Gasteiger partial charge in [0.25, 0.3) is 5.91 Å². The predicted octanol–water partition coefficient (Wildman–Crippen LogP) is 5.30. The van der Waals surface area contributed by atoms with Crippen molar-refractivity contribution in [2.45, 2.75) is 19.3 Å². The lowest BCUT2D eigenvalue weighted by Crippen LogP contribution is -2.29. The fraction of sp³-hybridized carbons (Fsp3) is 0.182. The molecule has 0 saturated carbocycles. The summed E-state index contributed by atoms with van der Waals surface area (Å²) in [5.41, 5.74) is 0.415. The maximum Gasteiger partial charge on any atom is 0.433 e. The van der Waals surface area contributed by atoms with Crippen LogP contribution < -0.4 is 9.62 Å². The van der Waals surface area contributed by atoms with Crippen LogP contribution in [-0.4, -0.2) is 25.6 Å². The number of nitrogens with zero attached hydrogens (tertiary/aromatic N) is 2. The molecule has 12 heteroatoms. The van der Waals surface area contributed by atoms with Crippen molar-refractivity contribution in [3.05, 3.63) is 93.2 Å². The van der Waals surface area contributed by atoms with Gasteiger partial charge >= 0.3 is 6.18 Å². The molecule has 3 aromatic rings. The van der Waals surface area contributed by atoms with Crippen molar-refractivity contribution in [3.8, 4) is 0 Å². The number of sulfonamides is 1. The fourth-order valence-corrected chi connectivity index (χ4v) is 4.24. The molecule has 180 valence electrons. The summed E-state index contributed by atoms with van der Waals surface area (Å²) in [6.07, 6.45) is -2.46. The zero-order chi connectivity index (χ0) is 25.1. The molecule has 1 aromatic heterocycles. The topological polar surface area (TPSA) is 79.4 Å². The summed E-state index contributed by atoms with van der Waals surface area (Å²) < 4.78 is 63.7. The lowest BCUT2D eigenvalue weighted by Gasteiger charge is -2.23. The number of halogens is 5. The average molecular weight is 532 g/mol. The van der Waals surface area contributed by atoms with Crippen molar-refractivity contribution < 1.29 is 26.4 Å². The van der Waals surface area contributed by atoms with Crippen LogP contribution in [-0.2, 0) is 29.3 Å². The second kappa shape index (κ2) is 10.2. The third kappa shape index (κ3) is 6.40. The van der Waals surface area contributed by atoms with Crippen LogP contribution in [0.4, 0.5) is 18.9 Å². The Labute approximate surface area is 204 Å². The number of pyridine rings is 1. The first-order chi connectivity index (χ1) is 15.9. The van der Waals surface area contributed by atoms with E-state index in [2.05, 4.69) is 10.3 Å². The lowest BCUT2D eigenvalue weighted by molar-refractivity contribution is -0.141. The number of nitrogens with one attached hydrogen (secondary N) is 1. The maximum absolute atomic E-state index is 12.6. The Morgan fingerprint density at radius 2 is 1.74 bits per heavy atom. The smallest absolute Gasteiger partial charge is 0.348 e. The van der Waals surface area contributed by atoms with E-state index in [0.717, 1.165) is 22.8 Å². The Kier molecular flexibility index (Phi) is 7.74. The second-order valence-corrected chi connectivity index (χ2v) is 9.95. The zero-order valence-corrected chi connectivity index (χ0v) is 19.9. The van der Waals surface area contributed by atoms with Gasteiger partial charge < -0.3 is 5.32 Å². The summed E-state index contributed by atoms with van der Waals surface area (Å²) in [7, 11) is -3.70. The van der Waals surface area contributed by atoms with Crippen molar-refractivity contribution in [2.75, 3.05) is 10.6 Å². The van der Waals surface area contributed by atoms with Gasteiger partial charge in [-0.25, -0.2) is 8.42 Å². The normalized spacial score (nSPS) is 11.8. The SMILES string of the molecule is CS(=O)(=O)N(Cc1cccc(Cl)c1Cl)c1ccc(C(=O)NCc2ccc(C(F)(F)F)nc2)cc1. The molecule has 0 aliphatic rings. The minimum Gasteiger partial charge on any atom is -0.348 e. The van der Waals surface area contributed by atoms with E-state index in [1.54, 1.807) is 18.2 Å². The molecule has 1 amide bonds. The number of alkyl halides is 3. The van der Waals surface area contributed by atoms with Crippen molar-refractivity contribution in [3.63, 3.8) is 0 Å². The lowest BCUT2D eigenvalue weighted by atomic mass is 10.1. The average Bonchev–Trinajstić information content (AvgIpc) is 2.77. The van der Waals surface area contributed by atoms with Crippen LogP contribution in [0.5, 0.6) is 0 Å². The maximum atomic E-state index is 12.6. The first-order valence-electron chi connectivity index (χ1n) is 9.67. The molecular formula is C22H18Cl2F3N3O3S.